The molecule has 1 aliphatic heterocycles. The van der Waals surface area contributed by atoms with Gasteiger partial charge in [0.05, 0.1) is 11.6 Å². The summed E-state index contributed by atoms with van der Waals surface area (Å²) in [5, 5.41) is 2.66. The first-order valence-corrected chi connectivity index (χ1v) is 6.77. The van der Waals surface area contributed by atoms with E-state index in [0.717, 1.165) is 0 Å². The minimum atomic E-state index is -0.516. The molecule has 6 nitrogen and oxygen atoms in total. The molecule has 0 bridgehead atoms. The van der Waals surface area contributed by atoms with Gasteiger partial charge >= 0.3 is 0 Å². The van der Waals surface area contributed by atoms with Crippen molar-refractivity contribution in [1.29, 1.82) is 0 Å². The number of nitrogens with zero attached hydrogens (tertiary/aromatic N) is 1. The Hall–Kier alpha value is -2.02. The smallest absolute Gasteiger partial charge is 0.248 e. The van der Waals surface area contributed by atoms with Crippen molar-refractivity contribution in [2.45, 2.75) is 0 Å². The highest BCUT2D eigenvalue weighted by Crippen LogP contribution is 2.15. The first kappa shape index (κ1) is 13.4. The molecule has 2 rings (SSSR count). The molecule has 0 unspecified atom stereocenters. The normalized spacial score (nSPS) is 14.5. The Labute approximate surface area is 114 Å². The number of hydrogen-bond donors (Lipinski definition) is 2. The number of thioether (sulfide) groups is 1. The van der Waals surface area contributed by atoms with Crippen LogP contribution in [0.3, 0.4) is 0 Å². The monoisotopic (exact) mass is 279 g/mol. The molecule has 1 aromatic carbocycles. The summed E-state index contributed by atoms with van der Waals surface area (Å²) in [6, 6.07) is 6.26. The molecule has 0 atom stereocenters. The Morgan fingerprint density at radius 2 is 2.00 bits per heavy atom. The lowest BCUT2D eigenvalue weighted by atomic mass is 10.2. The zero-order valence-electron chi connectivity index (χ0n) is 10.1. The third-order valence-electron chi connectivity index (χ3n) is 2.61. The van der Waals surface area contributed by atoms with E-state index in [-0.39, 0.29) is 18.4 Å². The Morgan fingerprint density at radius 3 is 2.53 bits per heavy atom. The van der Waals surface area contributed by atoms with Crippen molar-refractivity contribution in [3.63, 3.8) is 0 Å². The number of hydrogen-bond acceptors (Lipinski definition) is 4. The summed E-state index contributed by atoms with van der Waals surface area (Å²) in [5.41, 5.74) is 6.06. The number of benzene rings is 1. The molecule has 0 radical (unpaired) electrons. The van der Waals surface area contributed by atoms with Gasteiger partial charge in [0.15, 0.2) is 0 Å². The van der Waals surface area contributed by atoms with E-state index in [1.54, 1.807) is 12.1 Å². The number of nitrogens with two attached hydrogens (primary N) is 1. The van der Waals surface area contributed by atoms with Gasteiger partial charge in [0.1, 0.15) is 6.54 Å². The van der Waals surface area contributed by atoms with Gasteiger partial charge in [-0.2, -0.15) is 0 Å². The summed E-state index contributed by atoms with van der Waals surface area (Å²) in [6.07, 6.45) is 0. The molecule has 100 valence electrons. The molecule has 1 saturated heterocycles. The van der Waals surface area contributed by atoms with Gasteiger partial charge in [-0.25, -0.2) is 0 Å². The van der Waals surface area contributed by atoms with Gasteiger partial charge in [-0.1, -0.05) is 0 Å². The lowest BCUT2D eigenvalue weighted by Crippen LogP contribution is -2.34. The summed E-state index contributed by atoms with van der Waals surface area (Å²) in [5.74, 6) is 0.178. The average Bonchev–Trinajstić information content (AvgIpc) is 2.75. The Morgan fingerprint density at radius 1 is 1.32 bits per heavy atom. The number of carbonyl (C=O) groups excluding carboxylic acids is 3. The highest BCUT2D eigenvalue weighted by molar-refractivity contribution is 8.00. The minimum absolute atomic E-state index is 0.0239. The van der Waals surface area contributed by atoms with Gasteiger partial charge in [0.2, 0.25) is 17.7 Å². The van der Waals surface area contributed by atoms with Crippen molar-refractivity contribution in [3.05, 3.63) is 29.8 Å². The van der Waals surface area contributed by atoms with Crippen LogP contribution in [0.15, 0.2) is 24.3 Å². The second kappa shape index (κ2) is 5.75. The number of rotatable bonds is 4. The number of carbonyl (C=O) groups is 3. The molecule has 0 aliphatic carbocycles. The van der Waals surface area contributed by atoms with Crippen LogP contribution in [0.1, 0.15) is 10.4 Å². The lowest BCUT2D eigenvalue weighted by molar-refractivity contribution is -0.130. The predicted molar refractivity (Wildman–Crippen MR) is 72.6 cm³/mol. The molecule has 1 fully saturated rings. The van der Waals surface area contributed by atoms with Crippen LogP contribution < -0.4 is 11.1 Å². The summed E-state index contributed by atoms with van der Waals surface area (Å²) >= 11 is 1.49. The lowest BCUT2D eigenvalue weighted by Gasteiger charge is -2.14. The quantitative estimate of drug-likeness (QED) is 0.826. The molecule has 0 aromatic heterocycles. The molecule has 1 aliphatic rings. The zero-order valence-corrected chi connectivity index (χ0v) is 10.9. The Bertz CT molecular complexity index is 515. The molecule has 0 spiro atoms. The van der Waals surface area contributed by atoms with Gasteiger partial charge in [0.25, 0.3) is 0 Å². The van der Waals surface area contributed by atoms with Crippen LogP contribution in [0.5, 0.6) is 0 Å². The van der Waals surface area contributed by atoms with Crippen molar-refractivity contribution in [2.24, 2.45) is 5.73 Å². The van der Waals surface area contributed by atoms with Crippen molar-refractivity contribution in [1.82, 2.24) is 4.90 Å². The van der Waals surface area contributed by atoms with E-state index in [4.69, 9.17) is 5.73 Å². The maximum absolute atomic E-state index is 11.7. The maximum atomic E-state index is 11.7. The van der Waals surface area contributed by atoms with Crippen LogP contribution in [0.25, 0.3) is 0 Å². The fourth-order valence-corrected chi connectivity index (χ4v) is 2.54. The average molecular weight is 279 g/mol. The van der Waals surface area contributed by atoms with Gasteiger partial charge in [-0.3, -0.25) is 14.4 Å². The largest absolute Gasteiger partial charge is 0.366 e. The molecule has 0 saturated carbocycles. The second-order valence-electron chi connectivity index (χ2n) is 4.06. The fraction of sp³-hybridized carbons (Fsp3) is 0.250. The first-order valence-electron chi connectivity index (χ1n) is 5.61. The highest BCUT2D eigenvalue weighted by atomic mass is 32.2. The number of primary amides is 1. The summed E-state index contributed by atoms with van der Waals surface area (Å²) < 4.78 is 0. The molecular formula is C12H13N3O3S. The standard InChI is InChI=1S/C12H13N3O3S/c13-12(18)8-1-3-9(4-2-8)14-10(16)5-15-7-19-6-11(15)17/h1-4H,5-7H2,(H2,13,18)(H,14,16). The van der Waals surface area contributed by atoms with E-state index in [1.165, 1.54) is 28.8 Å². The fourth-order valence-electron chi connectivity index (χ4n) is 1.63. The van der Waals surface area contributed by atoms with E-state index in [2.05, 4.69) is 5.32 Å². The predicted octanol–water partition coefficient (Wildman–Crippen LogP) is 0.257. The van der Waals surface area contributed by atoms with Gasteiger partial charge < -0.3 is 16.0 Å². The van der Waals surface area contributed by atoms with Crippen LogP contribution in [0.4, 0.5) is 5.69 Å². The number of amides is 3. The van der Waals surface area contributed by atoms with Gasteiger partial charge in [0, 0.05) is 11.3 Å². The number of anilines is 1. The van der Waals surface area contributed by atoms with E-state index in [9.17, 15) is 14.4 Å². The van der Waals surface area contributed by atoms with Crippen molar-refractivity contribution < 1.29 is 14.4 Å². The minimum Gasteiger partial charge on any atom is -0.366 e. The summed E-state index contributed by atoms with van der Waals surface area (Å²) in [4.78, 5) is 35.5. The molecule has 7 heteroatoms. The van der Waals surface area contributed by atoms with Crippen LogP contribution in [0.2, 0.25) is 0 Å². The van der Waals surface area contributed by atoms with Crippen molar-refractivity contribution in [2.75, 3.05) is 23.5 Å². The van der Waals surface area contributed by atoms with E-state index in [1.807, 2.05) is 0 Å². The molecule has 3 N–H and O–H groups in total. The molecule has 1 heterocycles. The SMILES string of the molecule is NC(=O)c1ccc(NC(=O)CN2CSCC2=O)cc1. The first-order chi connectivity index (χ1) is 9.06. The summed E-state index contributed by atoms with van der Waals surface area (Å²) in [6.45, 7) is 0.0450. The molecule has 19 heavy (non-hydrogen) atoms. The van der Waals surface area contributed by atoms with Gasteiger partial charge in [-0.15, -0.1) is 11.8 Å². The van der Waals surface area contributed by atoms with Crippen LogP contribution >= 0.6 is 11.8 Å². The Kier molecular flexibility index (Phi) is 4.06. The third kappa shape index (κ3) is 3.47. The van der Waals surface area contributed by atoms with E-state index >= 15 is 0 Å². The molecule has 1 aromatic rings. The van der Waals surface area contributed by atoms with E-state index in [0.29, 0.717) is 22.9 Å². The van der Waals surface area contributed by atoms with Crippen molar-refractivity contribution in [3.8, 4) is 0 Å². The van der Waals surface area contributed by atoms with Crippen molar-refractivity contribution >= 4 is 35.2 Å². The third-order valence-corrected chi connectivity index (χ3v) is 3.56. The highest BCUT2D eigenvalue weighted by Gasteiger charge is 2.22. The zero-order chi connectivity index (χ0) is 13.8. The van der Waals surface area contributed by atoms with Crippen LogP contribution in [0, 0.1) is 0 Å². The topological polar surface area (TPSA) is 92.5 Å². The Balaban J connectivity index is 1.91. The number of nitrogens with one attached hydrogen (secondary N) is 1. The summed E-state index contributed by atoms with van der Waals surface area (Å²) in [7, 11) is 0. The molecular weight excluding hydrogens is 266 g/mol. The van der Waals surface area contributed by atoms with E-state index < -0.39 is 5.91 Å². The second-order valence-corrected chi connectivity index (χ2v) is 5.01. The maximum Gasteiger partial charge on any atom is 0.248 e. The van der Waals surface area contributed by atoms with Crippen LogP contribution in [-0.2, 0) is 9.59 Å². The van der Waals surface area contributed by atoms with Crippen LogP contribution in [-0.4, -0.2) is 40.8 Å². The molecule has 3 amide bonds. The van der Waals surface area contributed by atoms with Gasteiger partial charge in [-0.05, 0) is 24.3 Å².